The summed E-state index contributed by atoms with van der Waals surface area (Å²) in [4.78, 5) is 2.63. The van der Waals surface area contributed by atoms with E-state index in [0.29, 0.717) is 6.54 Å². The molecule has 0 radical (unpaired) electrons. The van der Waals surface area contributed by atoms with E-state index in [4.69, 9.17) is 0 Å². The molecule has 3 rings (SSSR count). The van der Waals surface area contributed by atoms with Crippen molar-refractivity contribution in [2.75, 3.05) is 19.6 Å². The molecule has 134 valence electrons. The van der Waals surface area contributed by atoms with Crippen LogP contribution in [0.15, 0.2) is 24.3 Å². The Morgan fingerprint density at radius 1 is 1.25 bits per heavy atom. The highest BCUT2D eigenvalue weighted by Gasteiger charge is 2.65. The van der Waals surface area contributed by atoms with Gasteiger partial charge in [-0.1, -0.05) is 57.4 Å². The second kappa shape index (κ2) is 7.65. The first-order valence-electron chi connectivity index (χ1n) is 9.20. The van der Waals surface area contributed by atoms with Crippen LogP contribution in [0.25, 0.3) is 0 Å². The van der Waals surface area contributed by atoms with Gasteiger partial charge in [-0.05, 0) is 35.9 Å². The highest BCUT2D eigenvalue weighted by molar-refractivity contribution is 7.77. The van der Waals surface area contributed by atoms with E-state index >= 15 is 0 Å². The van der Waals surface area contributed by atoms with Crippen LogP contribution in [0, 0.1) is 11.8 Å². The minimum atomic E-state index is -2.21. The molecule has 1 heterocycles. The fraction of sp³-hybridized carbons (Fsp3) is 0.684. The molecule has 1 aliphatic carbocycles. The van der Waals surface area contributed by atoms with Gasteiger partial charge >= 0.3 is 0 Å². The molecule has 0 bridgehead atoms. The zero-order valence-electron chi connectivity index (χ0n) is 14.8. The molecule has 1 aromatic rings. The molecule has 3 unspecified atom stereocenters. The van der Waals surface area contributed by atoms with E-state index in [9.17, 15) is 8.76 Å². The standard InChI is InChI=1S/C19H30N2O2S/c1-3-4-5-8-11-21-13-17-18(14-21)19(17,2)16-10-7-6-9-15(16)12-20-24(22)23/h6-7,9-10,17-18,20H,3-5,8,11-14H2,1-2H3,(H,22,23)/p-1. The number of benzene rings is 1. The molecule has 4 nitrogen and oxygen atoms in total. The molecule has 2 aliphatic rings. The van der Waals surface area contributed by atoms with Gasteiger partial charge in [0.15, 0.2) is 0 Å². The fourth-order valence-corrected chi connectivity index (χ4v) is 4.92. The average molecular weight is 350 g/mol. The third kappa shape index (κ3) is 3.59. The molecule has 3 atom stereocenters. The van der Waals surface area contributed by atoms with Gasteiger partial charge in [0, 0.05) is 36.3 Å². The summed E-state index contributed by atoms with van der Waals surface area (Å²) in [5.41, 5.74) is 2.68. The summed E-state index contributed by atoms with van der Waals surface area (Å²) in [6.07, 6.45) is 5.31. The Balaban J connectivity index is 1.59. The van der Waals surface area contributed by atoms with Crippen LogP contribution in [-0.4, -0.2) is 33.3 Å². The Hall–Kier alpha value is -0.750. The molecule has 0 amide bonds. The predicted molar refractivity (Wildman–Crippen MR) is 97.1 cm³/mol. The molecule has 5 heteroatoms. The van der Waals surface area contributed by atoms with E-state index < -0.39 is 11.3 Å². The van der Waals surface area contributed by atoms with Crippen molar-refractivity contribution >= 4 is 11.3 Å². The lowest BCUT2D eigenvalue weighted by Crippen LogP contribution is -2.30. The van der Waals surface area contributed by atoms with E-state index in [0.717, 1.165) is 17.4 Å². The van der Waals surface area contributed by atoms with Crippen LogP contribution in [0.3, 0.4) is 0 Å². The van der Waals surface area contributed by atoms with Crippen molar-refractivity contribution in [1.29, 1.82) is 0 Å². The van der Waals surface area contributed by atoms with Crippen LogP contribution >= 0.6 is 0 Å². The highest BCUT2D eigenvalue weighted by Crippen LogP contribution is 2.63. The highest BCUT2D eigenvalue weighted by atomic mass is 32.2. The Labute approximate surface area is 148 Å². The monoisotopic (exact) mass is 349 g/mol. The maximum absolute atomic E-state index is 10.8. The number of nitrogens with zero attached hydrogens (tertiary/aromatic N) is 1. The summed E-state index contributed by atoms with van der Waals surface area (Å²) >= 11 is -2.21. The molecule has 2 fully saturated rings. The zero-order chi connectivity index (χ0) is 17.2. The topological polar surface area (TPSA) is 55.4 Å². The predicted octanol–water partition coefficient (Wildman–Crippen LogP) is 2.97. The first-order valence-corrected chi connectivity index (χ1v) is 10.3. The maximum atomic E-state index is 10.8. The van der Waals surface area contributed by atoms with E-state index in [1.54, 1.807) is 0 Å². The van der Waals surface area contributed by atoms with Crippen molar-refractivity contribution in [3.8, 4) is 0 Å². The van der Waals surface area contributed by atoms with Crippen molar-refractivity contribution < 1.29 is 8.76 Å². The molecule has 1 aliphatic heterocycles. The number of hydrogen-bond acceptors (Lipinski definition) is 3. The van der Waals surface area contributed by atoms with Crippen LogP contribution in [0.1, 0.15) is 50.7 Å². The molecule has 0 spiro atoms. The van der Waals surface area contributed by atoms with Gasteiger partial charge in [-0.2, -0.15) is 0 Å². The van der Waals surface area contributed by atoms with Gasteiger partial charge in [0.05, 0.1) is 0 Å². The van der Waals surface area contributed by atoms with Crippen LogP contribution in [0.5, 0.6) is 0 Å². The summed E-state index contributed by atoms with van der Waals surface area (Å²) in [5, 5.41) is 0. The first-order chi connectivity index (χ1) is 11.6. The lowest BCUT2D eigenvalue weighted by molar-refractivity contribution is 0.271. The van der Waals surface area contributed by atoms with Crippen molar-refractivity contribution in [1.82, 2.24) is 9.62 Å². The number of hydrogen-bond donors (Lipinski definition) is 1. The Kier molecular flexibility index (Phi) is 5.75. The van der Waals surface area contributed by atoms with E-state index in [1.165, 1.54) is 50.9 Å². The van der Waals surface area contributed by atoms with Crippen LogP contribution in [0.4, 0.5) is 0 Å². The lowest BCUT2D eigenvalue weighted by atomic mass is 9.88. The summed E-state index contributed by atoms with van der Waals surface area (Å²) in [6, 6.07) is 8.32. The Morgan fingerprint density at radius 3 is 2.62 bits per heavy atom. The lowest BCUT2D eigenvalue weighted by Gasteiger charge is -2.26. The van der Waals surface area contributed by atoms with Gasteiger partial charge < -0.3 is 9.45 Å². The zero-order valence-corrected chi connectivity index (χ0v) is 15.6. The van der Waals surface area contributed by atoms with Crippen LogP contribution in [-0.2, 0) is 23.2 Å². The van der Waals surface area contributed by atoms with Crippen LogP contribution in [0.2, 0.25) is 0 Å². The fourth-order valence-electron chi connectivity index (χ4n) is 4.64. The van der Waals surface area contributed by atoms with Gasteiger partial charge in [-0.15, -0.1) is 0 Å². The molecule has 0 aromatic heterocycles. The smallest absolute Gasteiger partial charge is 0.0325 e. The summed E-state index contributed by atoms with van der Waals surface area (Å²) in [6.45, 7) is 8.64. The summed E-state index contributed by atoms with van der Waals surface area (Å²) in [5.74, 6) is 1.45. The molecule has 1 saturated carbocycles. The largest absolute Gasteiger partial charge is 0.760 e. The van der Waals surface area contributed by atoms with Gasteiger partial charge in [-0.25, -0.2) is 4.72 Å². The first kappa shape index (κ1) is 18.1. The maximum Gasteiger partial charge on any atom is 0.0325 e. The minimum absolute atomic E-state index is 0.225. The quantitative estimate of drug-likeness (QED) is 0.551. The van der Waals surface area contributed by atoms with Crippen LogP contribution < -0.4 is 4.72 Å². The summed E-state index contributed by atoms with van der Waals surface area (Å²) in [7, 11) is 0. The molecule has 1 aromatic carbocycles. The molecular formula is C19H29N2O2S-. The minimum Gasteiger partial charge on any atom is -0.760 e. The normalized spacial score (nSPS) is 30.3. The van der Waals surface area contributed by atoms with E-state index in [2.05, 4.69) is 41.7 Å². The molecular weight excluding hydrogens is 320 g/mol. The number of fused-ring (bicyclic) bond motifs is 1. The number of nitrogens with one attached hydrogen (secondary N) is 1. The Bertz CT molecular complexity index is 580. The third-order valence-corrected chi connectivity index (χ3v) is 6.51. The number of piperidine rings is 1. The van der Waals surface area contributed by atoms with Gasteiger partial charge in [0.1, 0.15) is 0 Å². The second-order valence-electron chi connectivity index (χ2n) is 7.53. The van der Waals surface area contributed by atoms with Crippen molar-refractivity contribution in [2.45, 2.75) is 51.5 Å². The number of likely N-dealkylation sites (tertiary alicyclic amines) is 1. The molecule has 1 saturated heterocycles. The molecule has 1 N–H and O–H groups in total. The Morgan fingerprint density at radius 2 is 1.96 bits per heavy atom. The summed E-state index contributed by atoms with van der Waals surface area (Å²) < 4.78 is 24.2. The number of rotatable bonds is 9. The van der Waals surface area contributed by atoms with Gasteiger partial charge in [-0.3, -0.25) is 4.21 Å². The van der Waals surface area contributed by atoms with Gasteiger partial charge in [0.2, 0.25) is 0 Å². The van der Waals surface area contributed by atoms with E-state index in [1.807, 2.05) is 6.07 Å². The van der Waals surface area contributed by atoms with Crippen molar-refractivity contribution in [3.63, 3.8) is 0 Å². The van der Waals surface area contributed by atoms with Gasteiger partial charge in [0.25, 0.3) is 0 Å². The average Bonchev–Trinajstić information content (AvgIpc) is 2.94. The SMILES string of the molecule is CCCCCCN1CC2C(C1)C2(C)c1ccccc1CNS(=O)[O-]. The number of unbranched alkanes of at least 4 members (excludes halogenated alkanes) is 3. The van der Waals surface area contributed by atoms with Crippen molar-refractivity contribution in [3.05, 3.63) is 35.4 Å². The molecule has 24 heavy (non-hydrogen) atoms. The van der Waals surface area contributed by atoms with Crippen molar-refractivity contribution in [2.24, 2.45) is 11.8 Å². The third-order valence-electron chi connectivity index (χ3n) is 6.13. The van der Waals surface area contributed by atoms with E-state index in [-0.39, 0.29) is 5.41 Å². The second-order valence-corrected chi connectivity index (χ2v) is 8.29.